The second-order valence-electron chi connectivity index (χ2n) is 5.47. The molecule has 3 nitrogen and oxygen atoms in total. The van der Waals surface area contributed by atoms with Crippen LogP contribution in [0.4, 0.5) is 0 Å². The summed E-state index contributed by atoms with van der Waals surface area (Å²) >= 11 is 0. The van der Waals surface area contributed by atoms with Crippen LogP contribution < -0.4 is 10.1 Å². The third kappa shape index (κ3) is 8.38. The molecule has 0 aliphatic heterocycles. The van der Waals surface area contributed by atoms with Gasteiger partial charge >= 0.3 is 0 Å². The maximum absolute atomic E-state index is 11.7. The molecule has 1 N–H and O–H groups in total. The molecular formula is C18H29NO2. The van der Waals surface area contributed by atoms with Gasteiger partial charge in [-0.25, -0.2) is 0 Å². The predicted octanol–water partition coefficient (Wildman–Crippen LogP) is 4.10. The van der Waals surface area contributed by atoms with E-state index in [2.05, 4.69) is 12.2 Å². The first-order valence-electron chi connectivity index (χ1n) is 8.16. The maximum atomic E-state index is 11.7. The van der Waals surface area contributed by atoms with Crippen molar-refractivity contribution in [2.45, 2.75) is 58.3 Å². The van der Waals surface area contributed by atoms with E-state index in [1.54, 1.807) is 7.11 Å². The molecule has 1 aromatic carbocycles. The Morgan fingerprint density at radius 1 is 1.05 bits per heavy atom. The van der Waals surface area contributed by atoms with E-state index >= 15 is 0 Å². The third-order valence-corrected chi connectivity index (χ3v) is 3.65. The van der Waals surface area contributed by atoms with Gasteiger partial charge in [0.2, 0.25) is 5.91 Å². The SMILES string of the molecule is CCCCCCCCC(=O)NCCc1ccc(OC)cc1. The van der Waals surface area contributed by atoms with E-state index in [9.17, 15) is 4.79 Å². The highest BCUT2D eigenvalue weighted by Gasteiger charge is 2.01. The first-order chi connectivity index (χ1) is 10.3. The van der Waals surface area contributed by atoms with Crippen molar-refractivity contribution in [2.24, 2.45) is 0 Å². The summed E-state index contributed by atoms with van der Waals surface area (Å²) in [6.07, 6.45) is 8.85. The zero-order valence-corrected chi connectivity index (χ0v) is 13.5. The zero-order valence-electron chi connectivity index (χ0n) is 13.5. The van der Waals surface area contributed by atoms with E-state index in [-0.39, 0.29) is 5.91 Å². The topological polar surface area (TPSA) is 38.3 Å². The van der Waals surface area contributed by atoms with E-state index < -0.39 is 0 Å². The molecule has 0 aliphatic carbocycles. The van der Waals surface area contributed by atoms with Crippen LogP contribution in [0.15, 0.2) is 24.3 Å². The molecule has 0 saturated heterocycles. The molecule has 1 aromatic rings. The molecule has 1 rings (SSSR count). The quantitative estimate of drug-likeness (QED) is 0.623. The van der Waals surface area contributed by atoms with Gasteiger partial charge in [0, 0.05) is 13.0 Å². The number of benzene rings is 1. The van der Waals surface area contributed by atoms with E-state index in [1.807, 2.05) is 24.3 Å². The molecule has 0 aromatic heterocycles. The van der Waals surface area contributed by atoms with Crippen LogP contribution in [0.2, 0.25) is 0 Å². The van der Waals surface area contributed by atoms with Crippen molar-refractivity contribution >= 4 is 5.91 Å². The molecule has 0 radical (unpaired) electrons. The molecule has 1 amide bonds. The van der Waals surface area contributed by atoms with Gasteiger partial charge in [0.15, 0.2) is 0 Å². The number of ether oxygens (including phenoxy) is 1. The molecule has 0 atom stereocenters. The van der Waals surface area contributed by atoms with Crippen LogP contribution in [0.1, 0.15) is 57.4 Å². The number of hydrogen-bond donors (Lipinski definition) is 1. The number of amides is 1. The fourth-order valence-electron chi connectivity index (χ4n) is 2.29. The summed E-state index contributed by atoms with van der Waals surface area (Å²) in [4.78, 5) is 11.7. The van der Waals surface area contributed by atoms with E-state index in [0.29, 0.717) is 13.0 Å². The molecular weight excluding hydrogens is 262 g/mol. The van der Waals surface area contributed by atoms with E-state index in [4.69, 9.17) is 4.74 Å². The lowest BCUT2D eigenvalue weighted by molar-refractivity contribution is -0.121. The van der Waals surface area contributed by atoms with Crippen LogP contribution in [0.3, 0.4) is 0 Å². The molecule has 0 spiro atoms. The highest BCUT2D eigenvalue weighted by molar-refractivity contribution is 5.75. The number of rotatable bonds is 11. The Balaban J connectivity index is 2.04. The molecule has 21 heavy (non-hydrogen) atoms. The summed E-state index contributed by atoms with van der Waals surface area (Å²) < 4.78 is 5.12. The lowest BCUT2D eigenvalue weighted by atomic mass is 10.1. The first kappa shape index (κ1) is 17.5. The molecule has 0 unspecified atom stereocenters. The van der Waals surface area contributed by atoms with E-state index in [0.717, 1.165) is 18.6 Å². The van der Waals surface area contributed by atoms with Crippen LogP contribution in [-0.4, -0.2) is 19.6 Å². The van der Waals surface area contributed by atoms with Gasteiger partial charge < -0.3 is 10.1 Å². The van der Waals surface area contributed by atoms with Crippen molar-refractivity contribution in [3.63, 3.8) is 0 Å². The van der Waals surface area contributed by atoms with Gasteiger partial charge in [-0.2, -0.15) is 0 Å². The number of unbranched alkanes of at least 4 members (excludes halogenated alkanes) is 5. The molecule has 0 saturated carbocycles. The lowest BCUT2D eigenvalue weighted by Crippen LogP contribution is -2.25. The highest BCUT2D eigenvalue weighted by atomic mass is 16.5. The number of nitrogens with one attached hydrogen (secondary N) is 1. The number of carbonyl (C=O) groups is 1. The van der Waals surface area contributed by atoms with Gasteiger partial charge in [0.1, 0.15) is 5.75 Å². The van der Waals surface area contributed by atoms with Crippen molar-refractivity contribution in [1.82, 2.24) is 5.32 Å². The minimum absolute atomic E-state index is 0.180. The maximum Gasteiger partial charge on any atom is 0.220 e. The normalized spacial score (nSPS) is 10.4. The molecule has 0 fully saturated rings. The Kier molecular flexibility index (Phi) is 9.34. The van der Waals surface area contributed by atoms with Crippen LogP contribution in [0.5, 0.6) is 5.75 Å². The fraction of sp³-hybridized carbons (Fsp3) is 0.611. The van der Waals surface area contributed by atoms with Crippen molar-refractivity contribution in [3.05, 3.63) is 29.8 Å². The third-order valence-electron chi connectivity index (χ3n) is 3.65. The second kappa shape index (κ2) is 11.2. The van der Waals surface area contributed by atoms with Gasteiger partial charge in [-0.1, -0.05) is 51.2 Å². The van der Waals surface area contributed by atoms with Gasteiger partial charge in [-0.15, -0.1) is 0 Å². The molecule has 0 heterocycles. The number of hydrogen-bond acceptors (Lipinski definition) is 2. The van der Waals surface area contributed by atoms with Crippen molar-refractivity contribution in [3.8, 4) is 5.75 Å². The van der Waals surface area contributed by atoms with Crippen molar-refractivity contribution in [1.29, 1.82) is 0 Å². The Morgan fingerprint density at radius 2 is 1.71 bits per heavy atom. The Bertz CT molecular complexity index is 387. The predicted molar refractivity (Wildman–Crippen MR) is 87.7 cm³/mol. The first-order valence-corrected chi connectivity index (χ1v) is 8.16. The Hall–Kier alpha value is -1.51. The number of carbonyl (C=O) groups excluding carboxylic acids is 1. The number of methoxy groups -OCH3 is 1. The second-order valence-corrected chi connectivity index (χ2v) is 5.47. The molecule has 0 bridgehead atoms. The van der Waals surface area contributed by atoms with Crippen LogP contribution in [0.25, 0.3) is 0 Å². The zero-order chi connectivity index (χ0) is 15.3. The van der Waals surface area contributed by atoms with E-state index in [1.165, 1.54) is 37.7 Å². The highest BCUT2D eigenvalue weighted by Crippen LogP contribution is 2.11. The van der Waals surface area contributed by atoms with Crippen LogP contribution >= 0.6 is 0 Å². The van der Waals surface area contributed by atoms with Crippen LogP contribution in [0, 0.1) is 0 Å². The summed E-state index contributed by atoms with van der Waals surface area (Å²) in [6.45, 7) is 2.93. The summed E-state index contributed by atoms with van der Waals surface area (Å²) in [6, 6.07) is 7.98. The monoisotopic (exact) mass is 291 g/mol. The minimum Gasteiger partial charge on any atom is -0.497 e. The Labute approximate surface area is 129 Å². The average Bonchev–Trinajstić information content (AvgIpc) is 2.51. The van der Waals surface area contributed by atoms with Crippen molar-refractivity contribution in [2.75, 3.05) is 13.7 Å². The summed E-state index contributed by atoms with van der Waals surface area (Å²) in [5.41, 5.74) is 1.22. The van der Waals surface area contributed by atoms with Gasteiger partial charge in [0.05, 0.1) is 7.11 Å². The lowest BCUT2D eigenvalue weighted by Gasteiger charge is -2.06. The molecule has 0 aliphatic rings. The fourth-order valence-corrected chi connectivity index (χ4v) is 2.29. The van der Waals surface area contributed by atoms with Gasteiger partial charge in [0.25, 0.3) is 0 Å². The molecule has 118 valence electrons. The Morgan fingerprint density at radius 3 is 2.38 bits per heavy atom. The van der Waals surface area contributed by atoms with Gasteiger partial charge in [-0.3, -0.25) is 4.79 Å². The van der Waals surface area contributed by atoms with Crippen LogP contribution in [-0.2, 0) is 11.2 Å². The average molecular weight is 291 g/mol. The summed E-state index contributed by atoms with van der Waals surface area (Å²) in [5.74, 6) is 1.05. The standard InChI is InChI=1S/C18H29NO2/c1-3-4-5-6-7-8-9-18(20)19-15-14-16-10-12-17(21-2)13-11-16/h10-13H,3-9,14-15H2,1-2H3,(H,19,20). The largest absolute Gasteiger partial charge is 0.497 e. The van der Waals surface area contributed by atoms with Gasteiger partial charge in [-0.05, 0) is 30.5 Å². The summed E-state index contributed by atoms with van der Waals surface area (Å²) in [7, 11) is 1.66. The summed E-state index contributed by atoms with van der Waals surface area (Å²) in [5, 5.41) is 2.99. The molecule has 3 heteroatoms. The van der Waals surface area contributed by atoms with Crippen molar-refractivity contribution < 1.29 is 9.53 Å². The smallest absolute Gasteiger partial charge is 0.220 e. The minimum atomic E-state index is 0.180.